The summed E-state index contributed by atoms with van der Waals surface area (Å²) in [5.41, 5.74) is -0.459. The fraction of sp³-hybridized carbons (Fsp3) is 0.444. The van der Waals surface area contributed by atoms with E-state index in [0.29, 0.717) is 11.3 Å². The van der Waals surface area contributed by atoms with Gasteiger partial charge in [-0.3, -0.25) is 9.48 Å². The quantitative estimate of drug-likeness (QED) is 0.740. The van der Waals surface area contributed by atoms with E-state index in [2.05, 4.69) is 5.10 Å². The number of ether oxygens (including phenoxy) is 2. The Labute approximate surface area is 161 Å². The standard InChI is InChI=1S/C18H20FN3O5S/c1-26-16-5-3-2-4-15(16)17(23)21-10-18(11-21)12-28(24,25)14(9-27-18)8-22-7-13(19)6-20-22/h2-7,14H,8-12H2,1H3/t14-/m0/s1. The molecule has 0 bridgehead atoms. The highest BCUT2D eigenvalue weighted by atomic mass is 32.2. The lowest BCUT2D eigenvalue weighted by atomic mass is 9.94. The molecule has 0 aliphatic carbocycles. The van der Waals surface area contributed by atoms with Crippen molar-refractivity contribution in [2.45, 2.75) is 17.4 Å². The average molecular weight is 409 g/mol. The highest BCUT2D eigenvalue weighted by Crippen LogP contribution is 2.34. The second kappa shape index (κ2) is 6.85. The molecule has 2 saturated heterocycles. The van der Waals surface area contributed by atoms with Crippen molar-refractivity contribution in [2.75, 3.05) is 32.6 Å². The first-order valence-electron chi connectivity index (χ1n) is 8.78. The molecule has 2 aliphatic rings. The monoisotopic (exact) mass is 409 g/mol. The van der Waals surface area contributed by atoms with Crippen molar-refractivity contribution in [2.24, 2.45) is 0 Å². The molecule has 1 amide bonds. The molecular formula is C18H20FN3O5S. The number of sulfone groups is 1. The maximum absolute atomic E-state index is 13.1. The van der Waals surface area contributed by atoms with Crippen molar-refractivity contribution in [3.8, 4) is 5.75 Å². The lowest BCUT2D eigenvalue weighted by molar-refractivity contribution is -0.121. The van der Waals surface area contributed by atoms with Gasteiger partial charge in [-0.15, -0.1) is 0 Å². The summed E-state index contributed by atoms with van der Waals surface area (Å²) in [5, 5.41) is 2.99. The van der Waals surface area contributed by atoms with Crippen molar-refractivity contribution in [3.63, 3.8) is 0 Å². The number of methoxy groups -OCH3 is 1. The van der Waals surface area contributed by atoms with Crippen molar-refractivity contribution >= 4 is 15.7 Å². The molecule has 0 N–H and O–H groups in total. The number of carbonyl (C=O) groups excluding carboxylic acids is 1. The molecule has 4 rings (SSSR count). The van der Waals surface area contributed by atoms with Gasteiger partial charge in [-0.1, -0.05) is 12.1 Å². The topological polar surface area (TPSA) is 90.7 Å². The summed E-state index contributed by atoms with van der Waals surface area (Å²) in [6.07, 6.45) is 2.18. The van der Waals surface area contributed by atoms with Crippen molar-refractivity contribution in [1.82, 2.24) is 14.7 Å². The minimum atomic E-state index is -3.48. The Bertz CT molecular complexity index is 1000. The summed E-state index contributed by atoms with van der Waals surface area (Å²) in [4.78, 5) is 14.2. The number of halogens is 1. The first kappa shape index (κ1) is 18.9. The molecule has 150 valence electrons. The van der Waals surface area contributed by atoms with Gasteiger partial charge in [0.15, 0.2) is 15.7 Å². The van der Waals surface area contributed by atoms with Gasteiger partial charge in [0.05, 0.1) is 57.1 Å². The highest BCUT2D eigenvalue weighted by Gasteiger charge is 2.54. The van der Waals surface area contributed by atoms with Gasteiger partial charge in [-0.25, -0.2) is 12.8 Å². The summed E-state index contributed by atoms with van der Waals surface area (Å²) >= 11 is 0. The molecular weight excluding hydrogens is 389 g/mol. The number of para-hydroxylation sites is 1. The SMILES string of the molecule is COc1ccccc1C(=O)N1CC2(C1)CS(=O)(=O)[C@@H](Cn1cc(F)cn1)CO2. The Balaban J connectivity index is 1.42. The maximum atomic E-state index is 13.1. The molecule has 2 aliphatic heterocycles. The number of aromatic nitrogens is 2. The van der Waals surface area contributed by atoms with Gasteiger partial charge >= 0.3 is 0 Å². The summed E-state index contributed by atoms with van der Waals surface area (Å²) in [6, 6.07) is 6.89. The van der Waals surface area contributed by atoms with E-state index >= 15 is 0 Å². The van der Waals surface area contributed by atoms with Gasteiger partial charge in [-0.05, 0) is 12.1 Å². The number of carbonyl (C=O) groups is 1. The predicted octanol–water partition coefficient (Wildman–Crippen LogP) is 0.739. The van der Waals surface area contributed by atoms with E-state index in [4.69, 9.17) is 9.47 Å². The van der Waals surface area contributed by atoms with Crippen LogP contribution in [0.2, 0.25) is 0 Å². The van der Waals surface area contributed by atoms with Crippen LogP contribution in [0, 0.1) is 5.82 Å². The lowest BCUT2D eigenvalue weighted by Crippen LogP contribution is -2.70. The van der Waals surface area contributed by atoms with E-state index in [1.54, 1.807) is 29.2 Å². The third kappa shape index (κ3) is 3.37. The van der Waals surface area contributed by atoms with Crippen LogP contribution in [0.1, 0.15) is 10.4 Å². The molecule has 3 heterocycles. The fourth-order valence-corrected chi connectivity index (χ4v) is 5.57. The molecule has 1 spiro atoms. The van der Waals surface area contributed by atoms with Gasteiger partial charge < -0.3 is 14.4 Å². The first-order chi connectivity index (χ1) is 13.3. The maximum Gasteiger partial charge on any atom is 0.257 e. The van der Waals surface area contributed by atoms with Crippen molar-refractivity contribution < 1.29 is 27.1 Å². The molecule has 28 heavy (non-hydrogen) atoms. The van der Waals surface area contributed by atoms with Crippen LogP contribution in [-0.4, -0.2) is 72.4 Å². The van der Waals surface area contributed by atoms with Crippen LogP contribution in [0.15, 0.2) is 36.7 Å². The van der Waals surface area contributed by atoms with Crippen molar-refractivity contribution in [3.05, 3.63) is 48.0 Å². The molecule has 8 nitrogen and oxygen atoms in total. The van der Waals surface area contributed by atoms with Crippen LogP contribution in [-0.2, 0) is 21.1 Å². The summed E-state index contributed by atoms with van der Waals surface area (Å²) in [7, 11) is -1.99. The lowest BCUT2D eigenvalue weighted by Gasteiger charge is -2.52. The second-order valence-electron chi connectivity index (χ2n) is 7.17. The second-order valence-corrected chi connectivity index (χ2v) is 9.45. The third-order valence-electron chi connectivity index (χ3n) is 5.12. The largest absolute Gasteiger partial charge is 0.496 e. The molecule has 1 aromatic heterocycles. The van der Waals surface area contributed by atoms with Gasteiger partial charge in [0.25, 0.3) is 5.91 Å². The normalized spacial score (nSPS) is 22.6. The molecule has 0 saturated carbocycles. The Morgan fingerprint density at radius 2 is 2.14 bits per heavy atom. The molecule has 0 radical (unpaired) electrons. The summed E-state index contributed by atoms with van der Waals surface area (Å²) < 4.78 is 50.8. The van der Waals surface area contributed by atoms with E-state index in [1.807, 2.05) is 0 Å². The minimum Gasteiger partial charge on any atom is -0.496 e. The minimum absolute atomic E-state index is 0.0134. The van der Waals surface area contributed by atoms with Gasteiger partial charge in [0.1, 0.15) is 16.6 Å². The number of nitrogens with zero attached hydrogens (tertiary/aromatic N) is 3. The number of benzene rings is 1. The van der Waals surface area contributed by atoms with Crippen LogP contribution >= 0.6 is 0 Å². The number of likely N-dealkylation sites (tertiary alicyclic amines) is 1. The smallest absolute Gasteiger partial charge is 0.257 e. The van der Waals surface area contributed by atoms with E-state index in [0.717, 1.165) is 12.4 Å². The Morgan fingerprint density at radius 3 is 2.79 bits per heavy atom. The van der Waals surface area contributed by atoms with E-state index < -0.39 is 26.5 Å². The van der Waals surface area contributed by atoms with Gasteiger partial charge in [0, 0.05) is 0 Å². The third-order valence-corrected chi connectivity index (χ3v) is 7.35. The van der Waals surface area contributed by atoms with Gasteiger partial charge in [-0.2, -0.15) is 5.10 Å². The zero-order chi connectivity index (χ0) is 19.9. The van der Waals surface area contributed by atoms with Crippen LogP contribution in [0.5, 0.6) is 5.75 Å². The van der Waals surface area contributed by atoms with Crippen LogP contribution < -0.4 is 4.74 Å². The van der Waals surface area contributed by atoms with Crippen LogP contribution in [0.4, 0.5) is 4.39 Å². The predicted molar refractivity (Wildman–Crippen MR) is 97.3 cm³/mol. The summed E-state index contributed by atoms with van der Waals surface area (Å²) in [6.45, 7) is 0.422. The Kier molecular flexibility index (Phi) is 4.62. The number of hydrogen-bond acceptors (Lipinski definition) is 6. The molecule has 2 fully saturated rings. The molecule has 1 atom stereocenters. The molecule has 2 aromatic rings. The highest BCUT2D eigenvalue weighted by molar-refractivity contribution is 7.92. The average Bonchev–Trinajstić information content (AvgIpc) is 3.05. The number of rotatable bonds is 4. The Morgan fingerprint density at radius 1 is 1.39 bits per heavy atom. The van der Waals surface area contributed by atoms with E-state index in [1.165, 1.54) is 11.8 Å². The van der Waals surface area contributed by atoms with Crippen LogP contribution in [0.3, 0.4) is 0 Å². The zero-order valence-electron chi connectivity index (χ0n) is 15.2. The summed E-state index contributed by atoms with van der Waals surface area (Å²) in [5.74, 6) is -0.449. The fourth-order valence-electron chi connectivity index (χ4n) is 3.68. The van der Waals surface area contributed by atoms with Crippen LogP contribution in [0.25, 0.3) is 0 Å². The number of amides is 1. The van der Waals surface area contributed by atoms with Gasteiger partial charge in [0.2, 0.25) is 0 Å². The molecule has 10 heteroatoms. The molecule has 0 unspecified atom stereocenters. The Hall–Kier alpha value is -2.46. The zero-order valence-corrected chi connectivity index (χ0v) is 16.1. The van der Waals surface area contributed by atoms with Crippen molar-refractivity contribution in [1.29, 1.82) is 0 Å². The first-order valence-corrected chi connectivity index (χ1v) is 10.5. The van der Waals surface area contributed by atoms with E-state index in [9.17, 15) is 17.6 Å². The van der Waals surface area contributed by atoms with E-state index in [-0.39, 0.29) is 37.9 Å². The molecule has 1 aromatic carbocycles. The number of hydrogen-bond donors (Lipinski definition) is 0.